The van der Waals surface area contributed by atoms with Crippen LogP contribution in [0.1, 0.15) is 20.8 Å². The van der Waals surface area contributed by atoms with E-state index in [1.807, 2.05) is 19.0 Å². The number of carbonyl (C=O) groups is 1. The predicted octanol–water partition coefficient (Wildman–Crippen LogP) is 1.16. The number of nitrogens with zero attached hydrogens (tertiary/aromatic N) is 1. The van der Waals surface area contributed by atoms with E-state index in [4.69, 9.17) is 0 Å². The Bertz CT molecular complexity index is 110. The number of ketones is 1. The van der Waals surface area contributed by atoms with E-state index in [0.717, 1.165) is 0 Å². The van der Waals surface area contributed by atoms with Crippen LogP contribution in [0.5, 0.6) is 0 Å². The number of rotatable bonds is 3. The highest BCUT2D eigenvalue weighted by Gasteiger charge is 2.19. The molecule has 0 N–H and O–H groups in total. The van der Waals surface area contributed by atoms with E-state index in [9.17, 15) is 4.79 Å². The summed E-state index contributed by atoms with van der Waals surface area (Å²) in [6, 6.07) is 0.0833. The van der Waals surface area contributed by atoms with Crippen LogP contribution in [0.25, 0.3) is 0 Å². The molecule has 0 bridgehead atoms. The molecule has 1 atom stereocenters. The van der Waals surface area contributed by atoms with E-state index in [2.05, 4.69) is 13.8 Å². The van der Waals surface area contributed by atoms with Crippen molar-refractivity contribution < 1.29 is 4.79 Å². The van der Waals surface area contributed by atoms with Crippen molar-refractivity contribution in [3.63, 3.8) is 0 Å². The lowest BCUT2D eigenvalue weighted by Crippen LogP contribution is -2.38. The third-order valence-corrected chi connectivity index (χ3v) is 1.60. The van der Waals surface area contributed by atoms with Crippen molar-refractivity contribution in [2.75, 3.05) is 14.1 Å². The summed E-state index contributed by atoms with van der Waals surface area (Å²) in [7, 11) is 3.87. The molecule has 0 aromatic carbocycles. The lowest BCUT2D eigenvalue weighted by atomic mass is 10.0. The second-order valence-corrected chi connectivity index (χ2v) is 3.26. The Morgan fingerprint density at radius 2 is 1.70 bits per heavy atom. The molecular formula is C8H17NO. The van der Waals surface area contributed by atoms with Crippen LogP contribution in [0.15, 0.2) is 0 Å². The van der Waals surface area contributed by atoms with Gasteiger partial charge in [0.15, 0.2) is 0 Å². The summed E-state index contributed by atoms with van der Waals surface area (Å²) in [5.74, 6) is 0.660. The van der Waals surface area contributed by atoms with Gasteiger partial charge < -0.3 is 0 Å². The van der Waals surface area contributed by atoms with Crippen LogP contribution in [-0.4, -0.2) is 30.8 Å². The smallest absolute Gasteiger partial charge is 0.147 e. The van der Waals surface area contributed by atoms with Gasteiger partial charge in [-0.15, -0.1) is 0 Å². The quantitative estimate of drug-likeness (QED) is 0.591. The highest BCUT2D eigenvalue weighted by atomic mass is 16.1. The average molecular weight is 143 g/mol. The third kappa shape index (κ3) is 2.48. The summed E-state index contributed by atoms with van der Waals surface area (Å²) in [5, 5.41) is 0. The van der Waals surface area contributed by atoms with Crippen LogP contribution in [0, 0.1) is 5.92 Å². The summed E-state index contributed by atoms with van der Waals surface area (Å²) in [5.41, 5.74) is 0. The Hall–Kier alpha value is -0.370. The zero-order valence-electron chi connectivity index (χ0n) is 7.51. The largest absolute Gasteiger partial charge is 0.300 e. The van der Waals surface area contributed by atoms with Crippen LogP contribution < -0.4 is 0 Å². The van der Waals surface area contributed by atoms with Gasteiger partial charge in [-0.25, -0.2) is 0 Å². The SMILES string of the molecule is CC(=O)[C@H](C(C)C)N(C)C. The summed E-state index contributed by atoms with van der Waals surface area (Å²) in [4.78, 5) is 13.0. The van der Waals surface area contributed by atoms with Gasteiger partial charge in [0.05, 0.1) is 6.04 Å². The first-order valence-electron chi connectivity index (χ1n) is 3.63. The van der Waals surface area contributed by atoms with Crippen LogP contribution in [-0.2, 0) is 4.79 Å². The molecule has 0 fully saturated rings. The molecule has 0 aromatic heterocycles. The molecule has 0 spiro atoms. The molecular weight excluding hydrogens is 126 g/mol. The monoisotopic (exact) mass is 143 g/mol. The first-order valence-corrected chi connectivity index (χ1v) is 3.63. The molecule has 2 heteroatoms. The zero-order valence-corrected chi connectivity index (χ0v) is 7.51. The zero-order chi connectivity index (χ0) is 8.31. The van der Waals surface area contributed by atoms with E-state index in [1.165, 1.54) is 0 Å². The lowest BCUT2D eigenvalue weighted by molar-refractivity contribution is -0.122. The third-order valence-electron chi connectivity index (χ3n) is 1.60. The molecule has 0 aliphatic carbocycles. The van der Waals surface area contributed by atoms with E-state index in [1.54, 1.807) is 6.92 Å². The van der Waals surface area contributed by atoms with Crippen molar-refractivity contribution in [1.82, 2.24) is 4.90 Å². The van der Waals surface area contributed by atoms with E-state index in [-0.39, 0.29) is 11.8 Å². The molecule has 10 heavy (non-hydrogen) atoms. The maximum absolute atomic E-state index is 11.0. The Morgan fingerprint density at radius 3 is 1.70 bits per heavy atom. The van der Waals surface area contributed by atoms with Gasteiger partial charge in [0.25, 0.3) is 0 Å². The van der Waals surface area contributed by atoms with Gasteiger partial charge in [-0.1, -0.05) is 13.8 Å². The van der Waals surface area contributed by atoms with Gasteiger partial charge in [0, 0.05) is 0 Å². The molecule has 0 aliphatic rings. The van der Waals surface area contributed by atoms with Crippen molar-refractivity contribution in [3.8, 4) is 0 Å². The summed E-state index contributed by atoms with van der Waals surface area (Å²) >= 11 is 0. The Balaban J connectivity index is 4.12. The second kappa shape index (κ2) is 3.71. The van der Waals surface area contributed by atoms with Gasteiger partial charge in [0.1, 0.15) is 5.78 Å². The predicted molar refractivity (Wildman–Crippen MR) is 43.0 cm³/mol. The molecule has 0 saturated carbocycles. The summed E-state index contributed by atoms with van der Waals surface area (Å²) in [6.45, 7) is 5.77. The second-order valence-electron chi connectivity index (χ2n) is 3.26. The van der Waals surface area contributed by atoms with Crippen molar-refractivity contribution in [1.29, 1.82) is 0 Å². The summed E-state index contributed by atoms with van der Waals surface area (Å²) in [6.07, 6.45) is 0. The van der Waals surface area contributed by atoms with Gasteiger partial charge in [0.2, 0.25) is 0 Å². The minimum Gasteiger partial charge on any atom is -0.300 e. The number of Topliss-reactive ketones (excluding diaryl/α,β-unsaturated/α-hetero) is 1. The highest BCUT2D eigenvalue weighted by molar-refractivity contribution is 5.81. The molecule has 60 valence electrons. The standard InChI is InChI=1S/C8H17NO/c1-6(2)8(7(3)10)9(4)5/h6,8H,1-5H3/t8-/m0/s1. The van der Waals surface area contributed by atoms with Crippen LogP contribution >= 0.6 is 0 Å². The summed E-state index contributed by atoms with van der Waals surface area (Å²) < 4.78 is 0. The van der Waals surface area contributed by atoms with Gasteiger partial charge in [-0.3, -0.25) is 9.69 Å². The number of likely N-dealkylation sites (N-methyl/N-ethyl adjacent to an activating group) is 1. The van der Waals surface area contributed by atoms with Crippen molar-refractivity contribution in [2.45, 2.75) is 26.8 Å². The van der Waals surface area contributed by atoms with Gasteiger partial charge >= 0.3 is 0 Å². The maximum atomic E-state index is 11.0. The molecule has 0 heterocycles. The van der Waals surface area contributed by atoms with Crippen molar-refractivity contribution in [2.24, 2.45) is 5.92 Å². The molecule has 0 aromatic rings. The van der Waals surface area contributed by atoms with Gasteiger partial charge in [-0.2, -0.15) is 0 Å². The fourth-order valence-corrected chi connectivity index (χ4v) is 1.43. The lowest BCUT2D eigenvalue weighted by Gasteiger charge is -2.24. The van der Waals surface area contributed by atoms with Crippen LogP contribution in [0.3, 0.4) is 0 Å². The van der Waals surface area contributed by atoms with E-state index >= 15 is 0 Å². The average Bonchev–Trinajstić information content (AvgIpc) is 1.59. The molecule has 0 unspecified atom stereocenters. The van der Waals surface area contributed by atoms with Crippen LogP contribution in [0.4, 0.5) is 0 Å². The fourth-order valence-electron chi connectivity index (χ4n) is 1.43. The number of hydrogen-bond acceptors (Lipinski definition) is 2. The van der Waals surface area contributed by atoms with Crippen molar-refractivity contribution >= 4 is 5.78 Å². The van der Waals surface area contributed by atoms with Crippen molar-refractivity contribution in [3.05, 3.63) is 0 Å². The Labute approximate surface area is 63.2 Å². The molecule has 0 saturated heterocycles. The first kappa shape index (κ1) is 9.63. The minimum atomic E-state index is 0.0833. The molecule has 0 rings (SSSR count). The fraction of sp³-hybridized carbons (Fsp3) is 0.875. The maximum Gasteiger partial charge on any atom is 0.147 e. The first-order chi connectivity index (χ1) is 4.46. The van der Waals surface area contributed by atoms with E-state index in [0.29, 0.717) is 5.92 Å². The number of hydrogen-bond donors (Lipinski definition) is 0. The number of carbonyl (C=O) groups excluding carboxylic acids is 1. The Morgan fingerprint density at radius 1 is 1.30 bits per heavy atom. The molecule has 0 amide bonds. The Kier molecular flexibility index (Phi) is 3.58. The normalized spacial score (nSPS) is 14.3. The van der Waals surface area contributed by atoms with E-state index < -0.39 is 0 Å². The molecule has 2 nitrogen and oxygen atoms in total. The highest BCUT2D eigenvalue weighted by Crippen LogP contribution is 2.07. The minimum absolute atomic E-state index is 0.0833. The molecule has 0 aliphatic heterocycles. The van der Waals surface area contributed by atoms with Gasteiger partial charge in [-0.05, 0) is 26.9 Å². The van der Waals surface area contributed by atoms with Crippen LogP contribution in [0.2, 0.25) is 0 Å². The molecule has 0 radical (unpaired) electrons. The topological polar surface area (TPSA) is 20.3 Å².